The molecule has 1 aliphatic heterocycles. The van der Waals surface area contributed by atoms with Crippen LogP contribution in [-0.2, 0) is 4.74 Å². The summed E-state index contributed by atoms with van der Waals surface area (Å²) in [5, 5.41) is 3.58. The van der Waals surface area contributed by atoms with Crippen LogP contribution in [0.15, 0.2) is 34.9 Å². The molecule has 2 unspecified atom stereocenters. The summed E-state index contributed by atoms with van der Waals surface area (Å²) in [5.41, 5.74) is 0. The van der Waals surface area contributed by atoms with E-state index in [0.29, 0.717) is 6.04 Å². The van der Waals surface area contributed by atoms with Crippen LogP contribution in [0.1, 0.15) is 23.1 Å². The standard InChI is InChI=1S/C13H14ClNO2S/c14-12-4-3-11(18-12)13(10-2-1-6-17-10)15-9-5-7-16-8-9/h1-4,6,9,13,15H,5,7-8H2. The fourth-order valence-electron chi connectivity index (χ4n) is 2.15. The first-order chi connectivity index (χ1) is 8.83. The zero-order valence-corrected chi connectivity index (χ0v) is 11.3. The van der Waals surface area contributed by atoms with E-state index in [0.717, 1.165) is 29.7 Å². The van der Waals surface area contributed by atoms with Gasteiger partial charge in [0.1, 0.15) is 11.8 Å². The van der Waals surface area contributed by atoms with E-state index in [1.807, 2.05) is 24.3 Å². The van der Waals surface area contributed by atoms with E-state index in [1.165, 1.54) is 4.88 Å². The summed E-state index contributed by atoms with van der Waals surface area (Å²) in [6.07, 6.45) is 2.74. The van der Waals surface area contributed by atoms with Gasteiger partial charge in [-0.3, -0.25) is 5.32 Å². The molecule has 0 aromatic carbocycles. The summed E-state index contributed by atoms with van der Waals surface area (Å²) in [5.74, 6) is 0.917. The van der Waals surface area contributed by atoms with Crippen molar-refractivity contribution in [2.75, 3.05) is 13.2 Å². The minimum absolute atomic E-state index is 0.0594. The van der Waals surface area contributed by atoms with Crippen LogP contribution < -0.4 is 5.32 Å². The van der Waals surface area contributed by atoms with Crippen LogP contribution in [0, 0.1) is 0 Å². The Hall–Kier alpha value is -0.810. The molecule has 2 aromatic heterocycles. The topological polar surface area (TPSA) is 34.4 Å². The van der Waals surface area contributed by atoms with E-state index < -0.39 is 0 Å². The van der Waals surface area contributed by atoms with Crippen molar-refractivity contribution in [1.29, 1.82) is 0 Å². The lowest BCUT2D eigenvalue weighted by Crippen LogP contribution is -2.33. The zero-order valence-electron chi connectivity index (χ0n) is 9.77. The number of hydrogen-bond donors (Lipinski definition) is 1. The highest BCUT2D eigenvalue weighted by Crippen LogP contribution is 2.32. The van der Waals surface area contributed by atoms with Crippen molar-refractivity contribution in [3.8, 4) is 0 Å². The smallest absolute Gasteiger partial charge is 0.126 e. The van der Waals surface area contributed by atoms with E-state index in [-0.39, 0.29) is 6.04 Å². The number of nitrogens with one attached hydrogen (secondary N) is 1. The summed E-state index contributed by atoms with van der Waals surface area (Å²) < 4.78 is 11.7. The Balaban J connectivity index is 1.83. The number of hydrogen-bond acceptors (Lipinski definition) is 4. The van der Waals surface area contributed by atoms with Gasteiger partial charge in [0.15, 0.2) is 0 Å². The molecule has 18 heavy (non-hydrogen) atoms. The molecule has 1 fully saturated rings. The molecule has 5 heteroatoms. The minimum Gasteiger partial charge on any atom is -0.467 e. The highest BCUT2D eigenvalue weighted by molar-refractivity contribution is 7.16. The molecule has 0 bridgehead atoms. The van der Waals surface area contributed by atoms with Gasteiger partial charge in [0.2, 0.25) is 0 Å². The summed E-state index contributed by atoms with van der Waals surface area (Å²) >= 11 is 7.60. The molecule has 96 valence electrons. The van der Waals surface area contributed by atoms with Crippen LogP contribution in [0.5, 0.6) is 0 Å². The normalized spacial score (nSPS) is 21.3. The fourth-order valence-corrected chi connectivity index (χ4v) is 3.27. The van der Waals surface area contributed by atoms with E-state index in [1.54, 1.807) is 17.6 Å². The van der Waals surface area contributed by atoms with Gasteiger partial charge in [0, 0.05) is 17.5 Å². The molecule has 3 heterocycles. The maximum absolute atomic E-state index is 6.02. The van der Waals surface area contributed by atoms with Crippen molar-refractivity contribution in [1.82, 2.24) is 5.32 Å². The Labute approximate surface area is 115 Å². The van der Waals surface area contributed by atoms with Gasteiger partial charge in [-0.1, -0.05) is 11.6 Å². The molecule has 3 nitrogen and oxygen atoms in total. The molecule has 3 rings (SSSR count). The molecule has 0 spiro atoms. The van der Waals surface area contributed by atoms with Gasteiger partial charge in [-0.15, -0.1) is 11.3 Å². The lowest BCUT2D eigenvalue weighted by molar-refractivity contribution is 0.188. The Morgan fingerprint density at radius 1 is 1.39 bits per heavy atom. The number of furan rings is 1. The average Bonchev–Trinajstić information content (AvgIpc) is 3.09. The van der Waals surface area contributed by atoms with Crippen molar-refractivity contribution < 1.29 is 9.15 Å². The Kier molecular flexibility index (Phi) is 3.70. The van der Waals surface area contributed by atoms with Gasteiger partial charge in [-0.25, -0.2) is 0 Å². The van der Waals surface area contributed by atoms with Crippen LogP contribution in [0.4, 0.5) is 0 Å². The van der Waals surface area contributed by atoms with Crippen LogP contribution in [0.3, 0.4) is 0 Å². The molecule has 1 aliphatic rings. The lowest BCUT2D eigenvalue weighted by atomic mass is 10.1. The molecule has 0 amide bonds. The van der Waals surface area contributed by atoms with Crippen LogP contribution >= 0.6 is 22.9 Å². The molecule has 1 N–H and O–H groups in total. The van der Waals surface area contributed by atoms with Crippen molar-refractivity contribution in [2.45, 2.75) is 18.5 Å². The summed E-state index contributed by atoms with van der Waals surface area (Å²) in [6.45, 7) is 1.59. The largest absolute Gasteiger partial charge is 0.467 e. The molecule has 2 atom stereocenters. The summed E-state index contributed by atoms with van der Waals surface area (Å²) in [7, 11) is 0. The second-order valence-electron chi connectivity index (χ2n) is 4.32. The van der Waals surface area contributed by atoms with Gasteiger partial charge < -0.3 is 9.15 Å². The molecule has 0 radical (unpaired) electrons. The second-order valence-corrected chi connectivity index (χ2v) is 6.06. The number of thiophene rings is 1. The second kappa shape index (κ2) is 5.45. The predicted molar refractivity (Wildman–Crippen MR) is 72.2 cm³/mol. The summed E-state index contributed by atoms with van der Waals surface area (Å²) in [6, 6.07) is 8.30. The van der Waals surface area contributed by atoms with E-state index in [4.69, 9.17) is 20.8 Å². The maximum atomic E-state index is 6.02. The van der Waals surface area contributed by atoms with Crippen LogP contribution in [0.2, 0.25) is 4.34 Å². The average molecular weight is 284 g/mol. The quantitative estimate of drug-likeness (QED) is 0.933. The van der Waals surface area contributed by atoms with E-state index in [9.17, 15) is 0 Å². The van der Waals surface area contributed by atoms with Gasteiger partial charge in [0.05, 0.1) is 17.2 Å². The maximum Gasteiger partial charge on any atom is 0.126 e. The number of ether oxygens (including phenoxy) is 1. The van der Waals surface area contributed by atoms with E-state index in [2.05, 4.69) is 5.32 Å². The third-order valence-corrected chi connectivity index (χ3v) is 4.33. The predicted octanol–water partition coefficient (Wildman–Crippen LogP) is 3.46. The molecule has 1 saturated heterocycles. The Morgan fingerprint density at radius 2 is 2.33 bits per heavy atom. The molecule has 0 saturated carbocycles. The highest BCUT2D eigenvalue weighted by atomic mass is 35.5. The molecular weight excluding hydrogens is 270 g/mol. The zero-order chi connectivity index (χ0) is 12.4. The lowest BCUT2D eigenvalue weighted by Gasteiger charge is -2.19. The SMILES string of the molecule is Clc1ccc(C(NC2CCOC2)c2ccco2)s1. The van der Waals surface area contributed by atoms with Crippen molar-refractivity contribution >= 4 is 22.9 Å². The van der Waals surface area contributed by atoms with Crippen LogP contribution in [0.25, 0.3) is 0 Å². The Morgan fingerprint density at radius 3 is 2.94 bits per heavy atom. The van der Waals surface area contributed by atoms with Gasteiger partial charge in [0.25, 0.3) is 0 Å². The Bertz CT molecular complexity index is 491. The van der Waals surface area contributed by atoms with Crippen molar-refractivity contribution in [3.05, 3.63) is 45.5 Å². The molecule has 2 aromatic rings. The number of halogens is 1. The minimum atomic E-state index is 0.0594. The van der Waals surface area contributed by atoms with Crippen molar-refractivity contribution in [3.63, 3.8) is 0 Å². The van der Waals surface area contributed by atoms with Crippen molar-refractivity contribution in [2.24, 2.45) is 0 Å². The van der Waals surface area contributed by atoms with Crippen LogP contribution in [-0.4, -0.2) is 19.3 Å². The van der Waals surface area contributed by atoms with Gasteiger partial charge in [-0.2, -0.15) is 0 Å². The third-order valence-electron chi connectivity index (χ3n) is 3.04. The first kappa shape index (κ1) is 12.2. The molecular formula is C13H14ClNO2S. The molecule has 0 aliphatic carbocycles. The number of rotatable bonds is 4. The monoisotopic (exact) mass is 283 g/mol. The highest BCUT2D eigenvalue weighted by Gasteiger charge is 2.24. The van der Waals surface area contributed by atoms with Gasteiger partial charge in [-0.05, 0) is 30.7 Å². The first-order valence-electron chi connectivity index (χ1n) is 5.95. The van der Waals surface area contributed by atoms with Gasteiger partial charge >= 0.3 is 0 Å². The third kappa shape index (κ3) is 2.62. The summed E-state index contributed by atoms with van der Waals surface area (Å²) in [4.78, 5) is 1.17. The first-order valence-corrected chi connectivity index (χ1v) is 7.15. The fraction of sp³-hybridized carbons (Fsp3) is 0.385. The van der Waals surface area contributed by atoms with E-state index >= 15 is 0 Å².